The molecule has 0 aliphatic rings. The molecular formula is C15H10ClN3O2. The van der Waals surface area contributed by atoms with Crippen molar-refractivity contribution in [3.8, 4) is 22.8 Å². The van der Waals surface area contributed by atoms with Crippen molar-refractivity contribution in [1.29, 1.82) is 0 Å². The second-order valence-corrected chi connectivity index (χ2v) is 4.72. The minimum Gasteiger partial charge on any atom is -0.366 e. The Bertz CT molecular complexity index is 814. The molecular weight excluding hydrogens is 290 g/mol. The Kier molecular flexibility index (Phi) is 3.41. The number of benzene rings is 2. The van der Waals surface area contributed by atoms with Gasteiger partial charge < -0.3 is 10.3 Å². The van der Waals surface area contributed by atoms with Crippen molar-refractivity contribution in [1.82, 2.24) is 10.1 Å². The average Bonchev–Trinajstić information content (AvgIpc) is 2.97. The Labute approximate surface area is 125 Å². The van der Waals surface area contributed by atoms with Crippen LogP contribution in [0, 0.1) is 0 Å². The lowest BCUT2D eigenvalue weighted by Crippen LogP contribution is -2.12. The molecule has 0 fully saturated rings. The fourth-order valence-corrected chi connectivity index (χ4v) is 2.19. The zero-order valence-corrected chi connectivity index (χ0v) is 11.5. The highest BCUT2D eigenvalue weighted by molar-refractivity contribution is 6.33. The monoisotopic (exact) mass is 299 g/mol. The Balaban J connectivity index is 2.08. The smallest absolute Gasteiger partial charge is 0.259 e. The lowest BCUT2D eigenvalue weighted by atomic mass is 10.1. The third kappa shape index (κ3) is 2.51. The van der Waals surface area contributed by atoms with Crippen LogP contribution in [0.4, 0.5) is 0 Å². The molecule has 0 saturated carbocycles. The van der Waals surface area contributed by atoms with Crippen LogP contribution in [0.3, 0.4) is 0 Å². The van der Waals surface area contributed by atoms with E-state index in [0.717, 1.165) is 0 Å². The molecule has 1 amide bonds. The molecule has 3 aromatic rings. The lowest BCUT2D eigenvalue weighted by Gasteiger charge is -2.00. The van der Waals surface area contributed by atoms with Crippen LogP contribution < -0.4 is 5.73 Å². The Morgan fingerprint density at radius 2 is 1.71 bits per heavy atom. The maximum absolute atomic E-state index is 11.4. The first-order valence-electron chi connectivity index (χ1n) is 6.14. The van der Waals surface area contributed by atoms with Gasteiger partial charge in [-0.25, -0.2) is 0 Å². The summed E-state index contributed by atoms with van der Waals surface area (Å²) in [6, 6.07) is 14.0. The normalized spacial score (nSPS) is 10.5. The maximum atomic E-state index is 11.4. The highest BCUT2D eigenvalue weighted by atomic mass is 35.5. The number of carbonyl (C=O) groups is 1. The van der Waals surface area contributed by atoms with E-state index in [0.29, 0.717) is 27.5 Å². The fraction of sp³-hybridized carbons (Fsp3) is 0. The second-order valence-electron chi connectivity index (χ2n) is 4.31. The number of halogens is 1. The molecule has 0 bridgehead atoms. The number of rotatable bonds is 3. The molecule has 2 aromatic carbocycles. The molecule has 0 atom stereocenters. The first-order chi connectivity index (χ1) is 10.2. The number of primary amides is 1. The highest BCUT2D eigenvalue weighted by Gasteiger charge is 2.17. The minimum atomic E-state index is -0.553. The molecule has 5 nitrogen and oxygen atoms in total. The van der Waals surface area contributed by atoms with Crippen molar-refractivity contribution in [2.45, 2.75) is 0 Å². The quantitative estimate of drug-likeness (QED) is 0.805. The third-order valence-corrected chi connectivity index (χ3v) is 3.29. The van der Waals surface area contributed by atoms with E-state index in [4.69, 9.17) is 21.9 Å². The molecule has 21 heavy (non-hydrogen) atoms. The molecule has 0 saturated heterocycles. The van der Waals surface area contributed by atoms with Gasteiger partial charge in [-0.05, 0) is 24.3 Å². The van der Waals surface area contributed by atoms with E-state index < -0.39 is 5.91 Å². The summed E-state index contributed by atoms with van der Waals surface area (Å²) in [6.45, 7) is 0. The van der Waals surface area contributed by atoms with Crippen LogP contribution in [0.2, 0.25) is 5.02 Å². The Hall–Kier alpha value is -2.66. The highest BCUT2D eigenvalue weighted by Crippen LogP contribution is 2.28. The number of hydrogen-bond acceptors (Lipinski definition) is 4. The van der Waals surface area contributed by atoms with E-state index in [-0.39, 0.29) is 5.89 Å². The van der Waals surface area contributed by atoms with E-state index in [1.54, 1.807) is 36.4 Å². The summed E-state index contributed by atoms with van der Waals surface area (Å²) in [5, 5.41) is 4.42. The van der Waals surface area contributed by atoms with Gasteiger partial charge in [0.15, 0.2) is 0 Å². The van der Waals surface area contributed by atoms with Crippen LogP contribution >= 0.6 is 11.6 Å². The second kappa shape index (κ2) is 5.38. The van der Waals surface area contributed by atoms with Gasteiger partial charge in [0.05, 0.1) is 16.1 Å². The van der Waals surface area contributed by atoms with Gasteiger partial charge in [-0.2, -0.15) is 4.98 Å². The van der Waals surface area contributed by atoms with Gasteiger partial charge in [-0.15, -0.1) is 0 Å². The van der Waals surface area contributed by atoms with Crippen molar-refractivity contribution < 1.29 is 9.32 Å². The topological polar surface area (TPSA) is 82.0 Å². The number of carbonyl (C=O) groups excluding carboxylic acids is 1. The van der Waals surface area contributed by atoms with Crippen LogP contribution in [0.25, 0.3) is 22.8 Å². The molecule has 0 unspecified atom stereocenters. The SMILES string of the molecule is NC(=O)c1ccccc1-c1nc(-c2ccccc2Cl)no1. The van der Waals surface area contributed by atoms with Crippen molar-refractivity contribution in [3.63, 3.8) is 0 Å². The summed E-state index contributed by atoms with van der Waals surface area (Å²) in [5.41, 5.74) is 6.82. The minimum absolute atomic E-state index is 0.222. The van der Waals surface area contributed by atoms with Crippen LogP contribution in [0.5, 0.6) is 0 Å². The molecule has 3 rings (SSSR count). The third-order valence-electron chi connectivity index (χ3n) is 2.96. The van der Waals surface area contributed by atoms with Crippen molar-refractivity contribution in [2.75, 3.05) is 0 Å². The van der Waals surface area contributed by atoms with Crippen molar-refractivity contribution in [2.24, 2.45) is 5.73 Å². The zero-order chi connectivity index (χ0) is 14.8. The number of amides is 1. The van der Waals surface area contributed by atoms with Crippen LogP contribution in [-0.4, -0.2) is 16.0 Å². The van der Waals surface area contributed by atoms with Crippen molar-refractivity contribution >= 4 is 17.5 Å². The molecule has 0 spiro atoms. The number of nitrogens with two attached hydrogens (primary N) is 1. The lowest BCUT2D eigenvalue weighted by molar-refractivity contribution is 0.100. The number of nitrogens with zero attached hydrogens (tertiary/aromatic N) is 2. The number of hydrogen-bond donors (Lipinski definition) is 1. The Morgan fingerprint density at radius 1 is 1.05 bits per heavy atom. The maximum Gasteiger partial charge on any atom is 0.259 e. The van der Waals surface area contributed by atoms with E-state index >= 15 is 0 Å². The summed E-state index contributed by atoms with van der Waals surface area (Å²) in [7, 11) is 0. The van der Waals surface area contributed by atoms with Gasteiger partial charge in [0.1, 0.15) is 0 Å². The molecule has 104 valence electrons. The van der Waals surface area contributed by atoms with E-state index in [9.17, 15) is 4.79 Å². The summed E-state index contributed by atoms with van der Waals surface area (Å²) in [5.74, 6) is 0.0253. The standard InChI is InChI=1S/C15H10ClN3O2/c16-12-8-4-3-7-11(12)14-18-15(21-19-14)10-6-2-1-5-9(10)13(17)20/h1-8H,(H2,17,20). The van der Waals surface area contributed by atoms with Crippen LogP contribution in [0.15, 0.2) is 53.1 Å². The molecule has 6 heteroatoms. The van der Waals surface area contributed by atoms with E-state index in [2.05, 4.69) is 10.1 Å². The zero-order valence-electron chi connectivity index (χ0n) is 10.8. The van der Waals surface area contributed by atoms with Gasteiger partial charge in [-0.1, -0.05) is 41.0 Å². The van der Waals surface area contributed by atoms with Gasteiger partial charge in [0.2, 0.25) is 11.7 Å². The largest absolute Gasteiger partial charge is 0.366 e. The molecule has 0 radical (unpaired) electrons. The molecule has 1 heterocycles. The van der Waals surface area contributed by atoms with Crippen LogP contribution in [0.1, 0.15) is 10.4 Å². The molecule has 0 aliphatic carbocycles. The first-order valence-corrected chi connectivity index (χ1v) is 6.52. The van der Waals surface area contributed by atoms with E-state index in [1.165, 1.54) is 0 Å². The van der Waals surface area contributed by atoms with Crippen LogP contribution in [-0.2, 0) is 0 Å². The number of aromatic nitrogens is 2. The van der Waals surface area contributed by atoms with E-state index in [1.807, 2.05) is 12.1 Å². The molecule has 0 aliphatic heterocycles. The summed E-state index contributed by atoms with van der Waals surface area (Å²) < 4.78 is 5.22. The van der Waals surface area contributed by atoms with Gasteiger partial charge in [0.25, 0.3) is 5.89 Å². The van der Waals surface area contributed by atoms with Gasteiger partial charge >= 0.3 is 0 Å². The average molecular weight is 300 g/mol. The molecule has 2 N–H and O–H groups in total. The summed E-state index contributed by atoms with van der Waals surface area (Å²) in [4.78, 5) is 15.7. The predicted octanol–water partition coefficient (Wildman–Crippen LogP) is 3.16. The first kappa shape index (κ1) is 13.3. The Morgan fingerprint density at radius 3 is 2.43 bits per heavy atom. The summed E-state index contributed by atoms with van der Waals surface area (Å²) >= 11 is 6.10. The van der Waals surface area contributed by atoms with Gasteiger partial charge in [0, 0.05) is 5.56 Å². The van der Waals surface area contributed by atoms with Gasteiger partial charge in [-0.3, -0.25) is 4.79 Å². The summed E-state index contributed by atoms with van der Waals surface area (Å²) in [6.07, 6.45) is 0. The predicted molar refractivity (Wildman–Crippen MR) is 78.7 cm³/mol. The molecule has 1 aromatic heterocycles. The fourth-order valence-electron chi connectivity index (χ4n) is 1.97. The van der Waals surface area contributed by atoms with Crippen molar-refractivity contribution in [3.05, 3.63) is 59.1 Å².